The maximum Gasteiger partial charge on any atom is 0.373 e. The van der Waals surface area contributed by atoms with E-state index in [2.05, 4.69) is 43.1 Å². The molecule has 1 N–H and O–H groups in total. The van der Waals surface area contributed by atoms with Crippen molar-refractivity contribution >= 4 is 44.0 Å². The van der Waals surface area contributed by atoms with Gasteiger partial charge in [0, 0.05) is 21.7 Å². The van der Waals surface area contributed by atoms with Gasteiger partial charge < -0.3 is 10.1 Å². The van der Waals surface area contributed by atoms with Crippen LogP contribution in [-0.2, 0) is 6.42 Å². The molecule has 2 aromatic heterocycles. The van der Waals surface area contributed by atoms with Crippen molar-refractivity contribution in [2.24, 2.45) is 0 Å². The summed E-state index contributed by atoms with van der Waals surface area (Å²) in [6.45, 7) is 2.06. The lowest BCUT2D eigenvalue weighted by Crippen LogP contribution is -2.04. The van der Waals surface area contributed by atoms with Crippen molar-refractivity contribution in [3.63, 3.8) is 0 Å². The number of pyridine rings is 1. The lowest BCUT2D eigenvalue weighted by Gasteiger charge is -2.11. The number of nitrogens with zero attached hydrogens (tertiary/aromatic N) is 4. The fourth-order valence-electron chi connectivity index (χ4n) is 2.95. The zero-order valence-electron chi connectivity index (χ0n) is 15.9. The number of aryl methyl sites for hydroxylation is 1. The number of halogens is 1. The fraction of sp³-hybridized carbons (Fsp3) is 0.0952. The quantitative estimate of drug-likeness (QED) is 0.283. The molecule has 2 heterocycles. The second-order valence-electron chi connectivity index (χ2n) is 6.36. The Morgan fingerprint density at radius 1 is 1.10 bits per heavy atom. The van der Waals surface area contributed by atoms with E-state index in [0.717, 1.165) is 21.8 Å². The first-order valence-corrected chi connectivity index (χ1v) is 9.92. The van der Waals surface area contributed by atoms with Crippen LogP contribution < -0.4 is 10.1 Å². The Morgan fingerprint density at radius 3 is 2.63 bits per heavy atom. The summed E-state index contributed by atoms with van der Waals surface area (Å²) in [5.74, 6) is 0.231. The molecule has 0 aliphatic heterocycles. The van der Waals surface area contributed by atoms with E-state index in [1.807, 2.05) is 30.3 Å². The number of nitro groups is 1. The number of aromatic nitrogens is 3. The van der Waals surface area contributed by atoms with Crippen molar-refractivity contribution in [2.45, 2.75) is 13.3 Å². The molecule has 0 saturated heterocycles. The van der Waals surface area contributed by atoms with Crippen molar-refractivity contribution in [1.82, 2.24) is 15.0 Å². The Morgan fingerprint density at radius 2 is 1.90 bits per heavy atom. The number of rotatable bonds is 6. The third-order valence-electron chi connectivity index (χ3n) is 4.48. The monoisotopic (exact) mass is 465 g/mol. The molecular weight excluding hydrogens is 450 g/mol. The van der Waals surface area contributed by atoms with Gasteiger partial charge in [0.2, 0.25) is 5.82 Å². The first-order chi connectivity index (χ1) is 14.6. The minimum Gasteiger partial charge on any atom is -0.431 e. The van der Waals surface area contributed by atoms with E-state index in [1.165, 1.54) is 6.33 Å². The van der Waals surface area contributed by atoms with Crippen LogP contribution in [0.2, 0.25) is 0 Å². The summed E-state index contributed by atoms with van der Waals surface area (Å²) in [5.41, 5.74) is 2.04. The predicted molar refractivity (Wildman–Crippen MR) is 117 cm³/mol. The lowest BCUT2D eigenvalue weighted by molar-refractivity contribution is -0.385. The van der Waals surface area contributed by atoms with Gasteiger partial charge in [-0.15, -0.1) is 0 Å². The summed E-state index contributed by atoms with van der Waals surface area (Å²) in [5, 5.41) is 15.6. The standard InChI is InChI=1S/C21H16BrN5O3/c1-2-13-5-7-14(8-6-13)26-20-19(27(28)29)21(25-12-24-20)30-17-10-9-16(22)15-4-3-11-23-18(15)17/h3-12H,2H2,1H3,(H,24,25,26). The highest BCUT2D eigenvalue weighted by Crippen LogP contribution is 2.38. The number of hydrogen-bond donors (Lipinski definition) is 1. The molecule has 9 heteroatoms. The largest absolute Gasteiger partial charge is 0.431 e. The average Bonchev–Trinajstić information content (AvgIpc) is 2.76. The molecule has 0 spiro atoms. The van der Waals surface area contributed by atoms with Crippen molar-refractivity contribution in [2.75, 3.05) is 5.32 Å². The molecule has 8 nitrogen and oxygen atoms in total. The van der Waals surface area contributed by atoms with Crippen LogP contribution in [0, 0.1) is 10.1 Å². The number of nitrogens with one attached hydrogen (secondary N) is 1. The van der Waals surface area contributed by atoms with Crippen molar-refractivity contribution in [3.05, 3.63) is 81.2 Å². The first kappa shape index (κ1) is 19.7. The summed E-state index contributed by atoms with van der Waals surface area (Å²) in [6.07, 6.45) is 3.75. The Bertz CT molecular complexity index is 1230. The molecule has 0 aliphatic rings. The molecule has 0 aliphatic carbocycles. The molecule has 4 aromatic rings. The average molecular weight is 466 g/mol. The van der Waals surface area contributed by atoms with E-state index in [4.69, 9.17) is 4.74 Å². The van der Waals surface area contributed by atoms with E-state index in [0.29, 0.717) is 17.0 Å². The number of fused-ring (bicyclic) bond motifs is 1. The number of hydrogen-bond acceptors (Lipinski definition) is 7. The van der Waals surface area contributed by atoms with Crippen LogP contribution in [0.3, 0.4) is 0 Å². The zero-order chi connectivity index (χ0) is 21.1. The Balaban J connectivity index is 1.73. The minimum atomic E-state index is -0.563. The summed E-state index contributed by atoms with van der Waals surface area (Å²) in [4.78, 5) is 23.6. The van der Waals surface area contributed by atoms with Gasteiger partial charge in [0.1, 0.15) is 11.8 Å². The Hall–Kier alpha value is -3.59. The molecule has 4 rings (SSSR count). The lowest BCUT2D eigenvalue weighted by atomic mass is 10.1. The first-order valence-electron chi connectivity index (χ1n) is 9.13. The third-order valence-corrected chi connectivity index (χ3v) is 5.17. The second kappa shape index (κ2) is 8.42. The molecule has 0 bridgehead atoms. The van der Waals surface area contributed by atoms with E-state index in [-0.39, 0.29) is 17.4 Å². The van der Waals surface area contributed by atoms with E-state index < -0.39 is 4.92 Å². The van der Waals surface area contributed by atoms with Crippen LogP contribution in [-0.4, -0.2) is 19.9 Å². The molecule has 0 radical (unpaired) electrons. The highest BCUT2D eigenvalue weighted by molar-refractivity contribution is 9.10. The smallest absolute Gasteiger partial charge is 0.373 e. The summed E-state index contributed by atoms with van der Waals surface area (Å²) >= 11 is 3.47. The van der Waals surface area contributed by atoms with E-state index in [1.54, 1.807) is 24.4 Å². The maximum atomic E-state index is 11.8. The van der Waals surface area contributed by atoms with Gasteiger partial charge in [-0.3, -0.25) is 15.1 Å². The molecule has 0 atom stereocenters. The van der Waals surface area contributed by atoms with Crippen molar-refractivity contribution in [3.8, 4) is 11.6 Å². The zero-order valence-corrected chi connectivity index (χ0v) is 17.5. The highest BCUT2D eigenvalue weighted by Gasteiger charge is 2.26. The molecular formula is C21H16BrN5O3. The molecule has 2 aromatic carbocycles. The number of ether oxygens (including phenoxy) is 1. The van der Waals surface area contributed by atoms with Crippen molar-refractivity contribution < 1.29 is 9.66 Å². The van der Waals surface area contributed by atoms with Crippen LogP contribution in [0.4, 0.5) is 17.2 Å². The van der Waals surface area contributed by atoms with Gasteiger partial charge in [-0.2, -0.15) is 4.98 Å². The van der Waals surface area contributed by atoms with Crippen LogP contribution in [0.25, 0.3) is 10.9 Å². The van der Waals surface area contributed by atoms with Gasteiger partial charge in [-0.1, -0.05) is 41.1 Å². The van der Waals surface area contributed by atoms with Gasteiger partial charge in [-0.25, -0.2) is 4.98 Å². The van der Waals surface area contributed by atoms with E-state index >= 15 is 0 Å². The molecule has 150 valence electrons. The Kier molecular flexibility index (Phi) is 5.53. The fourth-order valence-corrected chi connectivity index (χ4v) is 3.40. The Labute approximate surface area is 180 Å². The molecule has 30 heavy (non-hydrogen) atoms. The normalized spacial score (nSPS) is 10.7. The SMILES string of the molecule is CCc1ccc(Nc2ncnc(Oc3ccc(Br)c4cccnc34)c2[N+](=O)[O-])cc1. The second-order valence-corrected chi connectivity index (χ2v) is 7.21. The van der Waals surface area contributed by atoms with Crippen LogP contribution in [0.1, 0.15) is 12.5 Å². The molecule has 0 saturated carbocycles. The van der Waals surface area contributed by atoms with Crippen LogP contribution in [0.15, 0.2) is 65.5 Å². The number of benzene rings is 2. The van der Waals surface area contributed by atoms with Gasteiger partial charge in [0.05, 0.1) is 4.92 Å². The summed E-state index contributed by atoms with van der Waals surface area (Å²) < 4.78 is 6.68. The van der Waals surface area contributed by atoms with Gasteiger partial charge in [0.25, 0.3) is 0 Å². The molecule has 0 amide bonds. The summed E-state index contributed by atoms with van der Waals surface area (Å²) in [6, 6.07) is 14.7. The van der Waals surface area contributed by atoms with Gasteiger partial charge in [0.15, 0.2) is 5.75 Å². The minimum absolute atomic E-state index is 0.0450. The molecule has 0 unspecified atom stereocenters. The predicted octanol–water partition coefficient (Wildman–Crippen LogP) is 5.79. The van der Waals surface area contributed by atoms with Gasteiger partial charge >= 0.3 is 11.6 Å². The molecule has 0 fully saturated rings. The third kappa shape index (κ3) is 3.92. The maximum absolute atomic E-state index is 11.8. The van der Waals surface area contributed by atoms with Crippen molar-refractivity contribution in [1.29, 1.82) is 0 Å². The number of anilines is 2. The van der Waals surface area contributed by atoms with Crippen LogP contribution in [0.5, 0.6) is 11.6 Å². The summed E-state index contributed by atoms with van der Waals surface area (Å²) in [7, 11) is 0. The van der Waals surface area contributed by atoms with Gasteiger partial charge in [-0.05, 0) is 42.3 Å². The van der Waals surface area contributed by atoms with Crippen LogP contribution >= 0.6 is 15.9 Å². The topological polar surface area (TPSA) is 103 Å². The van der Waals surface area contributed by atoms with E-state index in [9.17, 15) is 10.1 Å². The highest BCUT2D eigenvalue weighted by atomic mass is 79.9.